The standard InChI is InChI=1S/C25H25FN4O4S2/c1-4-19-11-20(13-22(12-19)36(26,32)33)15-29-8-9-30(18(3)14-29)25(31)23-6-5-7-27-24(23)35-16-21-10-17(2)28-34-21/h1,5-7,10-13,18H,8-9,14-16H2,2-3H3/t18-/m1/s1. The molecule has 4 rings (SSSR count). The van der Waals surface area contributed by atoms with Gasteiger partial charge in [-0.05, 0) is 49.7 Å². The van der Waals surface area contributed by atoms with E-state index in [-0.39, 0.29) is 11.9 Å². The number of thioether (sulfide) groups is 1. The zero-order chi connectivity index (χ0) is 25.9. The molecule has 36 heavy (non-hydrogen) atoms. The van der Waals surface area contributed by atoms with Crippen LogP contribution >= 0.6 is 11.8 Å². The number of halogens is 1. The molecule has 0 unspecified atom stereocenters. The Balaban J connectivity index is 1.43. The van der Waals surface area contributed by atoms with Crippen molar-refractivity contribution in [3.8, 4) is 12.3 Å². The third-order valence-electron chi connectivity index (χ3n) is 5.82. The highest BCUT2D eigenvalue weighted by molar-refractivity contribution is 7.98. The Morgan fingerprint density at radius 2 is 2.11 bits per heavy atom. The first-order valence-corrected chi connectivity index (χ1v) is 13.6. The number of aromatic nitrogens is 2. The molecule has 0 bridgehead atoms. The number of carbonyl (C=O) groups excluding carboxylic acids is 1. The highest BCUT2D eigenvalue weighted by atomic mass is 32.3. The minimum absolute atomic E-state index is 0.105. The minimum atomic E-state index is -4.87. The second-order valence-corrected chi connectivity index (χ2v) is 10.9. The molecule has 1 aromatic carbocycles. The fraction of sp³-hybridized carbons (Fsp3) is 0.320. The first-order chi connectivity index (χ1) is 17.1. The number of amides is 1. The zero-order valence-corrected chi connectivity index (χ0v) is 21.5. The lowest BCUT2D eigenvalue weighted by Crippen LogP contribution is -2.53. The molecule has 2 aromatic heterocycles. The summed E-state index contributed by atoms with van der Waals surface area (Å²) in [5.74, 6) is 3.49. The number of hydrogen-bond donors (Lipinski definition) is 0. The molecule has 0 N–H and O–H groups in total. The topological polar surface area (TPSA) is 96.6 Å². The van der Waals surface area contributed by atoms with E-state index in [0.717, 1.165) is 11.8 Å². The molecule has 0 spiro atoms. The number of rotatable bonds is 7. The summed E-state index contributed by atoms with van der Waals surface area (Å²) >= 11 is 1.42. The molecule has 8 nitrogen and oxygen atoms in total. The number of piperazine rings is 1. The quantitative estimate of drug-likeness (QED) is 0.261. The summed E-state index contributed by atoms with van der Waals surface area (Å²) in [5, 5.41) is 4.51. The van der Waals surface area contributed by atoms with E-state index < -0.39 is 15.1 Å². The van der Waals surface area contributed by atoms with Crippen LogP contribution < -0.4 is 0 Å². The van der Waals surface area contributed by atoms with Crippen LogP contribution in [0.4, 0.5) is 3.89 Å². The van der Waals surface area contributed by atoms with E-state index in [0.29, 0.717) is 59.4 Å². The van der Waals surface area contributed by atoms with Gasteiger partial charge < -0.3 is 9.42 Å². The van der Waals surface area contributed by atoms with Gasteiger partial charge in [0.2, 0.25) is 0 Å². The zero-order valence-electron chi connectivity index (χ0n) is 19.8. The van der Waals surface area contributed by atoms with Crippen molar-refractivity contribution in [2.45, 2.75) is 42.1 Å². The van der Waals surface area contributed by atoms with Crippen molar-refractivity contribution in [1.29, 1.82) is 0 Å². The lowest BCUT2D eigenvalue weighted by molar-refractivity contribution is 0.0471. The van der Waals surface area contributed by atoms with E-state index >= 15 is 0 Å². The number of hydrogen-bond acceptors (Lipinski definition) is 8. The maximum Gasteiger partial charge on any atom is 0.332 e. The second-order valence-electron chi connectivity index (χ2n) is 8.61. The average Bonchev–Trinajstić information content (AvgIpc) is 3.27. The number of aryl methyl sites for hydroxylation is 1. The molecule has 0 radical (unpaired) electrons. The van der Waals surface area contributed by atoms with Gasteiger partial charge in [-0.3, -0.25) is 9.69 Å². The number of terminal acetylenes is 1. The molecule has 1 saturated heterocycles. The van der Waals surface area contributed by atoms with Crippen LogP contribution in [-0.2, 0) is 22.5 Å². The molecular weight excluding hydrogens is 503 g/mol. The molecule has 1 aliphatic heterocycles. The van der Waals surface area contributed by atoms with Crippen LogP contribution in [0.3, 0.4) is 0 Å². The average molecular weight is 529 g/mol. The van der Waals surface area contributed by atoms with E-state index in [1.54, 1.807) is 24.4 Å². The van der Waals surface area contributed by atoms with Crippen LogP contribution in [0, 0.1) is 19.3 Å². The van der Waals surface area contributed by atoms with Crippen molar-refractivity contribution in [3.63, 3.8) is 0 Å². The molecule has 1 amide bonds. The van der Waals surface area contributed by atoms with Crippen LogP contribution in [0.15, 0.2) is 57.0 Å². The Kier molecular flexibility index (Phi) is 7.78. The Labute approximate surface area is 214 Å². The normalized spacial score (nSPS) is 16.6. The van der Waals surface area contributed by atoms with Gasteiger partial charge in [-0.2, -0.15) is 8.42 Å². The van der Waals surface area contributed by atoms with Crippen molar-refractivity contribution in [2.24, 2.45) is 0 Å². The van der Waals surface area contributed by atoms with Gasteiger partial charge in [0, 0.05) is 50.0 Å². The number of nitrogens with zero attached hydrogens (tertiary/aromatic N) is 4. The van der Waals surface area contributed by atoms with Crippen molar-refractivity contribution >= 4 is 27.9 Å². The summed E-state index contributed by atoms with van der Waals surface area (Å²) in [6.45, 7) is 5.79. The highest BCUT2D eigenvalue weighted by Gasteiger charge is 2.30. The SMILES string of the molecule is C#Cc1cc(CN2CCN(C(=O)c3cccnc3SCc3cc(C)no3)[C@H](C)C2)cc(S(=O)(=O)F)c1. The predicted octanol–water partition coefficient (Wildman–Crippen LogP) is 3.66. The van der Waals surface area contributed by atoms with Gasteiger partial charge in [-0.25, -0.2) is 4.98 Å². The monoisotopic (exact) mass is 528 g/mol. The van der Waals surface area contributed by atoms with Crippen molar-refractivity contribution < 1.29 is 21.6 Å². The second kappa shape index (κ2) is 10.8. The van der Waals surface area contributed by atoms with Crippen LogP contribution in [0.1, 0.15) is 39.9 Å². The lowest BCUT2D eigenvalue weighted by atomic mass is 10.1. The molecular formula is C25H25FN4O4S2. The van der Waals surface area contributed by atoms with E-state index in [1.165, 1.54) is 17.8 Å². The van der Waals surface area contributed by atoms with Crippen LogP contribution in [0.5, 0.6) is 0 Å². The summed E-state index contributed by atoms with van der Waals surface area (Å²) in [7, 11) is -4.87. The van der Waals surface area contributed by atoms with Gasteiger partial charge in [0.1, 0.15) is 15.7 Å². The molecule has 11 heteroatoms. The summed E-state index contributed by atoms with van der Waals surface area (Å²) in [6, 6.07) is 9.37. The molecule has 188 valence electrons. The summed E-state index contributed by atoms with van der Waals surface area (Å²) in [5.41, 5.74) is 2.22. The van der Waals surface area contributed by atoms with Gasteiger partial charge in [-0.15, -0.1) is 10.3 Å². The number of benzene rings is 1. The Bertz CT molecular complexity index is 1420. The fourth-order valence-electron chi connectivity index (χ4n) is 4.16. The molecule has 3 heterocycles. The molecule has 1 fully saturated rings. The van der Waals surface area contributed by atoms with E-state index in [9.17, 15) is 17.1 Å². The highest BCUT2D eigenvalue weighted by Crippen LogP contribution is 2.27. The third-order valence-corrected chi connectivity index (χ3v) is 7.65. The summed E-state index contributed by atoms with van der Waals surface area (Å²) in [4.78, 5) is 21.3. The molecule has 0 aliphatic carbocycles. The number of carbonyl (C=O) groups is 1. The fourth-order valence-corrected chi connectivity index (χ4v) is 5.58. The van der Waals surface area contributed by atoms with Crippen LogP contribution in [-0.4, -0.2) is 59.9 Å². The first kappa shape index (κ1) is 25.9. The summed E-state index contributed by atoms with van der Waals surface area (Å²) < 4.78 is 41.6. The van der Waals surface area contributed by atoms with Gasteiger partial charge in [0.05, 0.1) is 17.0 Å². The van der Waals surface area contributed by atoms with Gasteiger partial charge in [-0.1, -0.05) is 22.8 Å². The minimum Gasteiger partial charge on any atom is -0.360 e. The van der Waals surface area contributed by atoms with Gasteiger partial charge in [0.25, 0.3) is 5.91 Å². The largest absolute Gasteiger partial charge is 0.360 e. The molecule has 3 aromatic rings. The van der Waals surface area contributed by atoms with E-state index in [1.807, 2.05) is 24.8 Å². The van der Waals surface area contributed by atoms with Crippen molar-refractivity contribution in [3.05, 3.63) is 70.7 Å². The van der Waals surface area contributed by atoms with Gasteiger partial charge >= 0.3 is 10.2 Å². The summed E-state index contributed by atoms with van der Waals surface area (Å²) in [6.07, 6.45) is 7.08. The maximum absolute atomic E-state index is 13.6. The van der Waals surface area contributed by atoms with Crippen LogP contribution in [0.2, 0.25) is 0 Å². The Morgan fingerprint density at radius 1 is 1.31 bits per heavy atom. The third kappa shape index (κ3) is 6.13. The van der Waals surface area contributed by atoms with Crippen LogP contribution in [0.25, 0.3) is 0 Å². The molecule has 1 atom stereocenters. The van der Waals surface area contributed by atoms with Crippen molar-refractivity contribution in [1.82, 2.24) is 19.9 Å². The first-order valence-electron chi connectivity index (χ1n) is 11.2. The number of pyridine rings is 1. The van der Waals surface area contributed by atoms with Gasteiger partial charge in [0.15, 0.2) is 0 Å². The Hall–Kier alpha value is -3.20. The lowest BCUT2D eigenvalue weighted by Gasteiger charge is -2.40. The molecule has 0 saturated carbocycles. The predicted molar refractivity (Wildman–Crippen MR) is 133 cm³/mol. The maximum atomic E-state index is 13.6. The van der Waals surface area contributed by atoms with E-state index in [4.69, 9.17) is 10.9 Å². The Morgan fingerprint density at radius 3 is 2.78 bits per heavy atom. The van der Waals surface area contributed by atoms with Crippen molar-refractivity contribution in [2.75, 3.05) is 19.6 Å². The molecule has 1 aliphatic rings. The van der Waals surface area contributed by atoms with E-state index in [2.05, 4.69) is 21.0 Å². The smallest absolute Gasteiger partial charge is 0.332 e.